The van der Waals surface area contributed by atoms with Crippen LogP contribution >= 0.6 is 0 Å². The number of benzene rings is 1. The molecule has 1 aliphatic heterocycles. The van der Waals surface area contributed by atoms with Crippen LogP contribution in [0, 0.1) is 0 Å². The van der Waals surface area contributed by atoms with Crippen LogP contribution in [0.25, 0.3) is 0 Å². The van der Waals surface area contributed by atoms with E-state index in [1.807, 2.05) is 6.07 Å². The molecule has 2 rings (SSSR count). The Morgan fingerprint density at radius 2 is 1.93 bits per heavy atom. The van der Waals surface area contributed by atoms with E-state index in [1.54, 1.807) is 19.2 Å². The molecule has 1 amide bonds. The normalized spacial score (nSPS) is 19.1. The van der Waals surface area contributed by atoms with E-state index >= 15 is 0 Å². The number of hydrogen-bond acceptors (Lipinski definition) is 7. The van der Waals surface area contributed by atoms with Gasteiger partial charge in [0.05, 0.1) is 25.7 Å². The number of amides is 1. The number of aryl methyl sites for hydroxylation is 1. The van der Waals surface area contributed by atoms with Gasteiger partial charge in [0, 0.05) is 12.5 Å². The fraction of sp³-hybridized carbons (Fsp3) is 0.556. The molecule has 27 heavy (non-hydrogen) atoms. The summed E-state index contributed by atoms with van der Waals surface area (Å²) in [5.74, 6) is 0.171. The number of hydrogen-bond donors (Lipinski definition) is 1. The number of esters is 1. The van der Waals surface area contributed by atoms with Crippen LogP contribution in [0.1, 0.15) is 25.3 Å². The van der Waals surface area contributed by atoms with E-state index in [0.717, 1.165) is 5.56 Å². The molecule has 1 N–H and O–H groups in total. The van der Waals surface area contributed by atoms with Gasteiger partial charge in [0.2, 0.25) is 0 Å². The summed E-state index contributed by atoms with van der Waals surface area (Å²) in [6.45, 7) is 1.47. The van der Waals surface area contributed by atoms with Crippen LogP contribution in [0.3, 0.4) is 0 Å². The van der Waals surface area contributed by atoms with Crippen LogP contribution < -0.4 is 14.8 Å². The van der Waals surface area contributed by atoms with Gasteiger partial charge in [-0.25, -0.2) is 8.42 Å². The molecule has 0 saturated carbocycles. The highest BCUT2D eigenvalue weighted by atomic mass is 32.2. The third kappa shape index (κ3) is 6.13. The Morgan fingerprint density at radius 1 is 1.22 bits per heavy atom. The SMILES string of the molecule is COc1ccc(CCC(=O)O[C@@H](C)C(=O)N[C@H]2CCS(=O)(=O)C2)cc1OC. The molecular weight excluding hydrogens is 374 g/mol. The highest BCUT2D eigenvalue weighted by Gasteiger charge is 2.30. The van der Waals surface area contributed by atoms with Crippen molar-refractivity contribution in [2.75, 3.05) is 25.7 Å². The summed E-state index contributed by atoms with van der Waals surface area (Å²) >= 11 is 0. The zero-order valence-electron chi connectivity index (χ0n) is 15.7. The molecule has 2 atom stereocenters. The smallest absolute Gasteiger partial charge is 0.306 e. The van der Waals surface area contributed by atoms with Crippen LogP contribution in [0.15, 0.2) is 18.2 Å². The molecule has 0 aliphatic carbocycles. The van der Waals surface area contributed by atoms with Gasteiger partial charge in [-0.3, -0.25) is 9.59 Å². The maximum atomic E-state index is 12.1. The van der Waals surface area contributed by atoms with Gasteiger partial charge in [-0.1, -0.05) is 6.07 Å². The maximum Gasteiger partial charge on any atom is 0.306 e. The number of carbonyl (C=O) groups excluding carboxylic acids is 2. The van der Waals surface area contributed by atoms with Gasteiger partial charge in [0.1, 0.15) is 0 Å². The minimum Gasteiger partial charge on any atom is -0.493 e. The minimum atomic E-state index is -3.08. The van der Waals surface area contributed by atoms with Crippen molar-refractivity contribution < 1.29 is 32.2 Å². The zero-order valence-corrected chi connectivity index (χ0v) is 16.5. The number of methoxy groups -OCH3 is 2. The van der Waals surface area contributed by atoms with Gasteiger partial charge >= 0.3 is 5.97 Å². The van der Waals surface area contributed by atoms with Crippen molar-refractivity contribution in [3.8, 4) is 11.5 Å². The fourth-order valence-corrected chi connectivity index (χ4v) is 4.49. The standard InChI is InChI=1S/C18H25NO7S/c1-12(18(21)19-14-8-9-27(22,23)11-14)26-17(20)7-5-13-4-6-15(24-2)16(10-13)25-3/h4,6,10,12,14H,5,7-9,11H2,1-3H3,(H,19,21)/t12-,14-/m0/s1. The molecule has 1 aliphatic rings. The quantitative estimate of drug-likeness (QED) is 0.646. The van der Waals surface area contributed by atoms with Crippen molar-refractivity contribution in [2.45, 2.75) is 38.3 Å². The predicted octanol–water partition coefficient (Wildman–Crippen LogP) is 0.871. The first kappa shape index (κ1) is 21.0. The van der Waals surface area contributed by atoms with E-state index in [9.17, 15) is 18.0 Å². The van der Waals surface area contributed by atoms with Gasteiger partial charge in [0.25, 0.3) is 5.91 Å². The Balaban J connectivity index is 1.80. The topological polar surface area (TPSA) is 108 Å². The van der Waals surface area contributed by atoms with Gasteiger partial charge in [0.15, 0.2) is 27.4 Å². The number of rotatable bonds is 8. The highest BCUT2D eigenvalue weighted by Crippen LogP contribution is 2.28. The summed E-state index contributed by atoms with van der Waals surface area (Å²) in [4.78, 5) is 24.1. The first-order chi connectivity index (χ1) is 12.7. The molecule has 1 aromatic rings. The Morgan fingerprint density at radius 3 is 2.52 bits per heavy atom. The van der Waals surface area contributed by atoms with Gasteiger partial charge in [-0.15, -0.1) is 0 Å². The van der Waals surface area contributed by atoms with Crippen LogP contribution in [0.2, 0.25) is 0 Å². The molecule has 0 bridgehead atoms. The number of carbonyl (C=O) groups is 2. The zero-order chi connectivity index (χ0) is 20.0. The molecule has 1 aromatic carbocycles. The first-order valence-electron chi connectivity index (χ1n) is 8.65. The lowest BCUT2D eigenvalue weighted by molar-refractivity contribution is -0.155. The lowest BCUT2D eigenvalue weighted by Crippen LogP contribution is -2.42. The van der Waals surface area contributed by atoms with Crippen molar-refractivity contribution in [1.29, 1.82) is 0 Å². The van der Waals surface area contributed by atoms with Crippen LogP contribution in [0.5, 0.6) is 11.5 Å². The van der Waals surface area contributed by atoms with E-state index in [2.05, 4.69) is 5.32 Å². The summed E-state index contributed by atoms with van der Waals surface area (Å²) < 4.78 is 38.4. The number of ether oxygens (including phenoxy) is 3. The Kier molecular flexibility index (Phi) is 7.06. The van der Waals surface area contributed by atoms with Gasteiger partial charge in [-0.05, 0) is 37.5 Å². The molecule has 0 spiro atoms. The Labute approximate surface area is 159 Å². The molecular formula is C18H25NO7S. The van der Waals surface area contributed by atoms with Crippen molar-refractivity contribution in [3.05, 3.63) is 23.8 Å². The van der Waals surface area contributed by atoms with Crippen molar-refractivity contribution in [2.24, 2.45) is 0 Å². The summed E-state index contributed by atoms with van der Waals surface area (Å²) in [6.07, 6.45) is -0.0703. The Bertz CT molecular complexity index is 791. The van der Waals surface area contributed by atoms with E-state index in [4.69, 9.17) is 14.2 Å². The summed E-state index contributed by atoms with van der Waals surface area (Å²) in [5, 5.41) is 2.62. The van der Waals surface area contributed by atoms with Crippen molar-refractivity contribution in [3.63, 3.8) is 0 Å². The fourth-order valence-electron chi connectivity index (χ4n) is 2.82. The predicted molar refractivity (Wildman–Crippen MR) is 98.6 cm³/mol. The largest absolute Gasteiger partial charge is 0.493 e. The molecule has 9 heteroatoms. The van der Waals surface area contributed by atoms with Crippen molar-refractivity contribution >= 4 is 21.7 Å². The monoisotopic (exact) mass is 399 g/mol. The number of nitrogens with one attached hydrogen (secondary N) is 1. The van der Waals surface area contributed by atoms with E-state index in [1.165, 1.54) is 14.0 Å². The third-order valence-electron chi connectivity index (χ3n) is 4.32. The number of sulfone groups is 1. The van der Waals surface area contributed by atoms with Crippen LogP contribution in [-0.4, -0.2) is 58.2 Å². The molecule has 8 nitrogen and oxygen atoms in total. The van der Waals surface area contributed by atoms with E-state index in [0.29, 0.717) is 24.3 Å². The second-order valence-electron chi connectivity index (χ2n) is 6.43. The molecule has 1 saturated heterocycles. The van der Waals surface area contributed by atoms with E-state index < -0.39 is 33.9 Å². The molecule has 0 unspecified atom stereocenters. The van der Waals surface area contributed by atoms with Crippen LogP contribution in [0.4, 0.5) is 0 Å². The van der Waals surface area contributed by atoms with Gasteiger partial charge < -0.3 is 19.5 Å². The van der Waals surface area contributed by atoms with E-state index in [-0.39, 0.29) is 17.9 Å². The summed E-state index contributed by atoms with van der Waals surface area (Å²) in [6, 6.07) is 4.94. The first-order valence-corrected chi connectivity index (χ1v) is 10.5. The highest BCUT2D eigenvalue weighted by molar-refractivity contribution is 7.91. The molecule has 1 heterocycles. The summed E-state index contributed by atoms with van der Waals surface area (Å²) in [7, 11) is -0.00413. The van der Waals surface area contributed by atoms with Gasteiger partial charge in [-0.2, -0.15) is 0 Å². The molecule has 1 fully saturated rings. The average Bonchev–Trinajstić information content (AvgIpc) is 2.97. The molecule has 0 aromatic heterocycles. The lowest BCUT2D eigenvalue weighted by atomic mass is 10.1. The summed E-state index contributed by atoms with van der Waals surface area (Å²) in [5.41, 5.74) is 0.873. The maximum absolute atomic E-state index is 12.1. The minimum absolute atomic E-state index is 0.0669. The molecule has 0 radical (unpaired) electrons. The second-order valence-corrected chi connectivity index (χ2v) is 8.66. The lowest BCUT2D eigenvalue weighted by Gasteiger charge is -2.16. The van der Waals surface area contributed by atoms with Crippen LogP contribution in [-0.2, 0) is 30.6 Å². The molecule has 150 valence electrons. The second kappa shape index (κ2) is 9.07. The third-order valence-corrected chi connectivity index (χ3v) is 6.09. The average molecular weight is 399 g/mol. The van der Waals surface area contributed by atoms with Crippen molar-refractivity contribution in [1.82, 2.24) is 5.32 Å². The Hall–Kier alpha value is -2.29.